The predicted octanol–water partition coefficient (Wildman–Crippen LogP) is 7.02. The van der Waals surface area contributed by atoms with E-state index < -0.39 is 12.0 Å². The van der Waals surface area contributed by atoms with Crippen molar-refractivity contribution in [1.29, 1.82) is 0 Å². The molecule has 0 aliphatic carbocycles. The molecule has 0 amide bonds. The van der Waals surface area contributed by atoms with E-state index in [4.69, 9.17) is 21.3 Å². The Kier molecular flexibility index (Phi) is 11.0. The van der Waals surface area contributed by atoms with Gasteiger partial charge in [0.05, 0.1) is 29.8 Å². The maximum absolute atomic E-state index is 12.3. The first-order valence-corrected chi connectivity index (χ1v) is 12.9. The monoisotopic (exact) mass is 515 g/mol. The van der Waals surface area contributed by atoms with Gasteiger partial charge in [-0.2, -0.15) is 10.2 Å². The van der Waals surface area contributed by atoms with Gasteiger partial charge in [-0.25, -0.2) is 0 Å². The van der Waals surface area contributed by atoms with Crippen LogP contribution in [0.25, 0.3) is 0 Å². The van der Waals surface area contributed by atoms with Crippen molar-refractivity contribution in [3.05, 3.63) is 55.7 Å². The molecule has 8 heteroatoms. The molecule has 35 heavy (non-hydrogen) atoms. The van der Waals surface area contributed by atoms with Crippen molar-refractivity contribution in [3.63, 3.8) is 0 Å². The number of nitrogens with zero attached hydrogens (tertiary/aromatic N) is 3. The third kappa shape index (κ3) is 7.94. The van der Waals surface area contributed by atoms with Crippen molar-refractivity contribution in [3.8, 4) is 0 Å². The van der Waals surface area contributed by atoms with Gasteiger partial charge in [0, 0.05) is 26.7 Å². The number of carbonyl (C=O) groups excluding carboxylic acids is 2. The van der Waals surface area contributed by atoms with E-state index in [1.165, 1.54) is 18.4 Å². The molecule has 0 fully saturated rings. The van der Waals surface area contributed by atoms with Gasteiger partial charge in [0.1, 0.15) is 6.04 Å². The highest BCUT2D eigenvalue weighted by atomic mass is 35.5. The minimum Gasteiger partial charge on any atom is -0.469 e. The number of halogens is 1. The van der Waals surface area contributed by atoms with Crippen LogP contribution in [0.2, 0.25) is 5.02 Å². The number of benzene rings is 1. The lowest BCUT2D eigenvalue weighted by atomic mass is 9.97. The second-order valence-corrected chi connectivity index (χ2v) is 10.2. The van der Waals surface area contributed by atoms with Crippen LogP contribution in [0.3, 0.4) is 0 Å². The largest absolute Gasteiger partial charge is 0.469 e. The molecular weight excluding hydrogens is 482 g/mol. The molecular formula is C27H34ClN3O3S. The number of hydrogen-bond acceptors (Lipinski definition) is 7. The number of esters is 1. The standard InChI is InChI=1S/C27H34ClN3O3S/c1-8-9-10-16(2)30-31-18(4)23(15-24(33)34-7)29-26(21-11-13-22(28)14-12-21)25-17(3)27(19(5)32)35-20(25)6/h11-14,23H,8-10,15H2,1-7H3/b29-26?,30-16-,31-18+/t23-/m0/s1. The van der Waals surface area contributed by atoms with Crippen molar-refractivity contribution in [2.24, 2.45) is 15.2 Å². The van der Waals surface area contributed by atoms with Crippen molar-refractivity contribution >= 4 is 51.8 Å². The van der Waals surface area contributed by atoms with Crippen LogP contribution in [-0.2, 0) is 9.53 Å². The topological polar surface area (TPSA) is 80.4 Å². The van der Waals surface area contributed by atoms with Gasteiger partial charge in [0.2, 0.25) is 0 Å². The number of ketones is 1. The average molecular weight is 516 g/mol. The summed E-state index contributed by atoms with van der Waals surface area (Å²) < 4.78 is 4.94. The van der Waals surface area contributed by atoms with E-state index in [2.05, 4.69) is 17.1 Å². The highest BCUT2D eigenvalue weighted by Crippen LogP contribution is 2.31. The molecule has 1 aromatic heterocycles. The van der Waals surface area contributed by atoms with Crippen molar-refractivity contribution in [2.75, 3.05) is 7.11 Å². The summed E-state index contributed by atoms with van der Waals surface area (Å²) in [6, 6.07) is 6.79. The summed E-state index contributed by atoms with van der Waals surface area (Å²) in [4.78, 5) is 31.2. The molecule has 188 valence electrons. The van der Waals surface area contributed by atoms with Gasteiger partial charge < -0.3 is 4.74 Å². The van der Waals surface area contributed by atoms with Crippen LogP contribution in [0, 0.1) is 13.8 Å². The molecule has 1 aromatic carbocycles. The number of Topliss-reactive ketones (excluding diaryl/α,β-unsaturated/α-hetero) is 1. The van der Waals surface area contributed by atoms with Crippen LogP contribution in [0.5, 0.6) is 0 Å². The Morgan fingerprint density at radius 2 is 1.74 bits per heavy atom. The zero-order valence-electron chi connectivity index (χ0n) is 21.6. The zero-order chi connectivity index (χ0) is 26.1. The molecule has 1 heterocycles. The van der Waals surface area contributed by atoms with Gasteiger partial charge >= 0.3 is 5.97 Å². The van der Waals surface area contributed by atoms with Crippen LogP contribution in [0.15, 0.2) is 39.5 Å². The Balaban J connectivity index is 2.69. The number of aryl methyl sites for hydroxylation is 1. The first kappa shape index (κ1) is 28.6. The van der Waals surface area contributed by atoms with Crippen LogP contribution in [0.4, 0.5) is 0 Å². The summed E-state index contributed by atoms with van der Waals surface area (Å²) in [5.41, 5.74) is 4.80. The maximum Gasteiger partial charge on any atom is 0.308 e. The average Bonchev–Trinajstić information content (AvgIpc) is 3.13. The molecule has 6 nitrogen and oxygen atoms in total. The Morgan fingerprint density at radius 1 is 1.09 bits per heavy atom. The quantitative estimate of drug-likeness (QED) is 0.139. The zero-order valence-corrected chi connectivity index (χ0v) is 23.1. The van der Waals surface area contributed by atoms with E-state index >= 15 is 0 Å². The smallest absolute Gasteiger partial charge is 0.308 e. The number of aliphatic imine (C=N–C) groups is 1. The van der Waals surface area contributed by atoms with Gasteiger partial charge in [0.15, 0.2) is 5.78 Å². The summed E-state index contributed by atoms with van der Waals surface area (Å²) in [5.74, 6) is -0.378. The highest BCUT2D eigenvalue weighted by molar-refractivity contribution is 7.14. The molecule has 2 aromatic rings. The highest BCUT2D eigenvalue weighted by Gasteiger charge is 2.24. The van der Waals surface area contributed by atoms with E-state index in [0.717, 1.165) is 46.5 Å². The fraction of sp³-hybridized carbons (Fsp3) is 0.444. The first-order chi connectivity index (χ1) is 16.6. The maximum atomic E-state index is 12.3. The van der Waals surface area contributed by atoms with E-state index in [1.54, 1.807) is 19.1 Å². The predicted molar refractivity (Wildman–Crippen MR) is 147 cm³/mol. The summed E-state index contributed by atoms with van der Waals surface area (Å²) in [5, 5.41) is 9.39. The number of methoxy groups -OCH3 is 1. The Labute approximate surface area is 217 Å². The van der Waals surface area contributed by atoms with Crippen LogP contribution < -0.4 is 0 Å². The van der Waals surface area contributed by atoms with Crippen molar-refractivity contribution < 1.29 is 14.3 Å². The SMILES string of the molecule is CCCC/C(C)=N\N=C(/C)[C@H](CC(=O)OC)N=C(c1ccc(Cl)cc1)c1c(C)sc(C(C)=O)c1C. The lowest BCUT2D eigenvalue weighted by Crippen LogP contribution is -2.23. The summed E-state index contributed by atoms with van der Waals surface area (Å²) in [6.07, 6.45) is 3.02. The molecule has 1 atom stereocenters. The fourth-order valence-corrected chi connectivity index (χ4v) is 4.81. The summed E-state index contributed by atoms with van der Waals surface area (Å²) in [7, 11) is 1.36. The van der Waals surface area contributed by atoms with E-state index in [0.29, 0.717) is 21.3 Å². The second-order valence-electron chi connectivity index (χ2n) is 8.50. The number of hydrogen-bond donors (Lipinski definition) is 0. The molecule has 2 rings (SSSR count). The fourth-order valence-electron chi connectivity index (χ4n) is 3.63. The molecule has 0 aliphatic heterocycles. The number of rotatable bonds is 11. The molecule has 0 bridgehead atoms. The number of carbonyl (C=O) groups is 2. The Morgan fingerprint density at radius 3 is 2.29 bits per heavy atom. The summed E-state index contributed by atoms with van der Waals surface area (Å²) in [6.45, 7) is 11.4. The number of unbranched alkanes of at least 4 members (excludes halogenated alkanes) is 1. The van der Waals surface area contributed by atoms with Gasteiger partial charge in [-0.1, -0.05) is 37.1 Å². The van der Waals surface area contributed by atoms with Crippen molar-refractivity contribution in [2.45, 2.75) is 73.3 Å². The minimum atomic E-state index is -0.588. The van der Waals surface area contributed by atoms with Gasteiger partial charge in [-0.05, 0) is 65.2 Å². The van der Waals surface area contributed by atoms with Crippen molar-refractivity contribution in [1.82, 2.24) is 0 Å². The Hall–Kier alpha value is -2.64. The third-order valence-electron chi connectivity index (χ3n) is 5.62. The number of ether oxygens (including phenoxy) is 1. The lowest BCUT2D eigenvalue weighted by molar-refractivity contribution is -0.140. The molecule has 0 unspecified atom stereocenters. The normalized spacial score (nSPS) is 13.7. The van der Waals surface area contributed by atoms with Gasteiger partial charge in [0.25, 0.3) is 0 Å². The second kappa shape index (κ2) is 13.4. The van der Waals surface area contributed by atoms with E-state index in [-0.39, 0.29) is 12.2 Å². The van der Waals surface area contributed by atoms with Crippen LogP contribution in [-0.4, -0.2) is 42.0 Å². The van der Waals surface area contributed by atoms with Crippen LogP contribution in [0.1, 0.15) is 84.6 Å². The third-order valence-corrected chi connectivity index (χ3v) is 7.18. The molecule has 0 N–H and O–H groups in total. The number of thiophene rings is 1. The van der Waals surface area contributed by atoms with Crippen LogP contribution >= 0.6 is 22.9 Å². The summed E-state index contributed by atoms with van der Waals surface area (Å²) >= 11 is 7.59. The Bertz CT molecular complexity index is 1150. The van der Waals surface area contributed by atoms with Gasteiger partial charge in [-0.15, -0.1) is 11.3 Å². The molecule has 0 saturated heterocycles. The van der Waals surface area contributed by atoms with Gasteiger partial charge in [-0.3, -0.25) is 14.6 Å². The van der Waals surface area contributed by atoms with E-state index in [1.807, 2.05) is 39.8 Å². The molecule has 0 radical (unpaired) electrons. The van der Waals surface area contributed by atoms with E-state index in [9.17, 15) is 9.59 Å². The molecule has 0 aliphatic rings. The minimum absolute atomic E-state index is 0.0121. The lowest BCUT2D eigenvalue weighted by Gasteiger charge is -2.16. The first-order valence-electron chi connectivity index (χ1n) is 11.7. The molecule has 0 saturated carbocycles. The molecule has 0 spiro atoms.